The van der Waals surface area contributed by atoms with Crippen LogP contribution in [0, 0.1) is 5.92 Å². The summed E-state index contributed by atoms with van der Waals surface area (Å²) < 4.78 is 10.4. The van der Waals surface area contributed by atoms with Crippen LogP contribution in [0.15, 0.2) is 30.3 Å². The van der Waals surface area contributed by atoms with Gasteiger partial charge in [0.05, 0.1) is 12.7 Å². The highest BCUT2D eigenvalue weighted by molar-refractivity contribution is 5.75. The van der Waals surface area contributed by atoms with Crippen LogP contribution in [0.3, 0.4) is 0 Å². The van der Waals surface area contributed by atoms with Crippen molar-refractivity contribution in [2.75, 3.05) is 6.61 Å². The van der Waals surface area contributed by atoms with Gasteiger partial charge >= 0.3 is 5.97 Å². The molecule has 0 radical (unpaired) electrons. The molecule has 0 unspecified atom stereocenters. The molecule has 0 spiro atoms. The Labute approximate surface area is 107 Å². The van der Waals surface area contributed by atoms with Gasteiger partial charge in [0, 0.05) is 5.92 Å². The summed E-state index contributed by atoms with van der Waals surface area (Å²) in [5, 5.41) is 9.89. The first-order valence-electron chi connectivity index (χ1n) is 6.22. The molecule has 1 saturated heterocycles. The van der Waals surface area contributed by atoms with Gasteiger partial charge in [-0.15, -0.1) is 0 Å². The third kappa shape index (κ3) is 2.89. The summed E-state index contributed by atoms with van der Waals surface area (Å²) in [5.74, 6) is -0.457. The third-order valence-corrected chi connectivity index (χ3v) is 3.26. The molecule has 0 aromatic heterocycles. The fourth-order valence-corrected chi connectivity index (χ4v) is 2.05. The number of aliphatic hydroxyl groups is 1. The van der Waals surface area contributed by atoms with Crippen molar-refractivity contribution >= 4 is 5.97 Å². The van der Waals surface area contributed by atoms with Gasteiger partial charge in [-0.05, 0) is 12.0 Å². The van der Waals surface area contributed by atoms with Gasteiger partial charge in [0.25, 0.3) is 0 Å². The summed E-state index contributed by atoms with van der Waals surface area (Å²) in [6, 6.07) is 9.44. The van der Waals surface area contributed by atoms with Crippen LogP contribution in [0.2, 0.25) is 0 Å². The lowest BCUT2D eigenvalue weighted by atomic mass is 9.99. The fraction of sp³-hybridized carbons (Fsp3) is 0.500. The smallest absolute Gasteiger partial charge is 0.338 e. The molecule has 2 rings (SSSR count). The Morgan fingerprint density at radius 1 is 1.44 bits per heavy atom. The van der Waals surface area contributed by atoms with E-state index >= 15 is 0 Å². The largest absolute Gasteiger partial charge is 0.459 e. The Morgan fingerprint density at radius 3 is 2.78 bits per heavy atom. The second-order valence-corrected chi connectivity index (χ2v) is 4.51. The predicted octanol–water partition coefficient (Wildman–Crippen LogP) is 1.52. The molecule has 0 saturated carbocycles. The van der Waals surface area contributed by atoms with Crippen molar-refractivity contribution in [1.29, 1.82) is 0 Å². The van der Waals surface area contributed by atoms with Crippen molar-refractivity contribution in [3.8, 4) is 0 Å². The number of hydrogen-bond donors (Lipinski definition) is 1. The molecule has 1 aliphatic heterocycles. The average Bonchev–Trinajstić information content (AvgIpc) is 2.78. The zero-order valence-corrected chi connectivity index (χ0v) is 10.4. The van der Waals surface area contributed by atoms with Crippen LogP contribution >= 0.6 is 0 Å². The van der Waals surface area contributed by atoms with Crippen LogP contribution in [0.4, 0.5) is 0 Å². The first-order valence-corrected chi connectivity index (χ1v) is 6.22. The van der Waals surface area contributed by atoms with Crippen molar-refractivity contribution in [1.82, 2.24) is 0 Å². The van der Waals surface area contributed by atoms with Crippen molar-refractivity contribution in [3.05, 3.63) is 35.9 Å². The van der Waals surface area contributed by atoms with Crippen LogP contribution < -0.4 is 0 Å². The van der Waals surface area contributed by atoms with Gasteiger partial charge in [-0.2, -0.15) is 0 Å². The Morgan fingerprint density at radius 2 is 2.17 bits per heavy atom. The van der Waals surface area contributed by atoms with Crippen LogP contribution in [-0.2, 0) is 20.9 Å². The van der Waals surface area contributed by atoms with E-state index in [0.29, 0.717) is 6.61 Å². The number of aliphatic hydroxyl groups excluding tert-OH is 1. The molecule has 1 N–H and O–H groups in total. The van der Waals surface area contributed by atoms with E-state index in [1.807, 2.05) is 37.3 Å². The molecular formula is C14H18O4. The minimum absolute atomic E-state index is 0.0271. The molecule has 0 aliphatic carbocycles. The minimum atomic E-state index is -0.835. The highest BCUT2D eigenvalue weighted by Crippen LogP contribution is 2.24. The maximum atomic E-state index is 11.8. The van der Waals surface area contributed by atoms with Gasteiger partial charge in [-0.3, -0.25) is 0 Å². The van der Waals surface area contributed by atoms with Crippen molar-refractivity contribution in [3.63, 3.8) is 0 Å². The summed E-state index contributed by atoms with van der Waals surface area (Å²) in [6.45, 7) is 2.60. The van der Waals surface area contributed by atoms with Gasteiger partial charge in [0.15, 0.2) is 6.10 Å². The van der Waals surface area contributed by atoms with E-state index in [9.17, 15) is 9.90 Å². The van der Waals surface area contributed by atoms with E-state index in [1.165, 1.54) is 0 Å². The van der Waals surface area contributed by atoms with Crippen molar-refractivity contribution < 1.29 is 19.4 Å². The number of carbonyl (C=O) groups excluding carboxylic acids is 1. The topological polar surface area (TPSA) is 55.8 Å². The van der Waals surface area contributed by atoms with Gasteiger partial charge in [0.2, 0.25) is 0 Å². The lowest BCUT2D eigenvalue weighted by molar-refractivity contribution is -0.159. The molecule has 1 aromatic carbocycles. The highest BCUT2D eigenvalue weighted by Gasteiger charge is 2.40. The number of esters is 1. The number of ether oxygens (including phenoxy) is 2. The standard InChI is InChI=1S/C14H18O4/c1-2-11-9-17-13(12(11)15)14(16)18-8-10-6-4-3-5-7-10/h3-7,11-13,15H,2,8-9H2,1H3/t11-,12+,13+/m0/s1. The van der Waals surface area contributed by atoms with E-state index in [-0.39, 0.29) is 12.5 Å². The van der Waals surface area contributed by atoms with Gasteiger partial charge in [-0.1, -0.05) is 37.3 Å². The number of benzene rings is 1. The lowest BCUT2D eigenvalue weighted by Crippen LogP contribution is -2.34. The normalized spacial score (nSPS) is 27.1. The van der Waals surface area contributed by atoms with Gasteiger partial charge in [0.1, 0.15) is 6.61 Å². The number of hydrogen-bond acceptors (Lipinski definition) is 4. The SMILES string of the molecule is CC[C@H]1CO[C@@H](C(=O)OCc2ccccc2)[C@@H]1O. The minimum Gasteiger partial charge on any atom is -0.459 e. The maximum Gasteiger partial charge on any atom is 0.338 e. The summed E-state index contributed by atoms with van der Waals surface area (Å²) in [7, 11) is 0. The molecule has 1 aliphatic rings. The summed E-state index contributed by atoms with van der Waals surface area (Å²) in [4.78, 5) is 11.8. The number of rotatable bonds is 4. The second kappa shape index (κ2) is 5.98. The van der Waals surface area contributed by atoms with E-state index in [0.717, 1.165) is 12.0 Å². The van der Waals surface area contributed by atoms with Gasteiger partial charge in [-0.25, -0.2) is 4.79 Å². The lowest BCUT2D eigenvalue weighted by Gasteiger charge is -2.15. The molecule has 18 heavy (non-hydrogen) atoms. The van der Waals surface area contributed by atoms with Gasteiger partial charge < -0.3 is 14.6 Å². The predicted molar refractivity (Wildman–Crippen MR) is 65.8 cm³/mol. The summed E-state index contributed by atoms with van der Waals surface area (Å²) in [6.07, 6.45) is -0.791. The van der Waals surface area contributed by atoms with Crippen LogP contribution in [0.5, 0.6) is 0 Å². The zero-order chi connectivity index (χ0) is 13.0. The highest BCUT2D eigenvalue weighted by atomic mass is 16.6. The zero-order valence-electron chi connectivity index (χ0n) is 10.4. The Hall–Kier alpha value is -1.39. The van der Waals surface area contributed by atoms with Crippen LogP contribution in [0.1, 0.15) is 18.9 Å². The Bertz CT molecular complexity index is 390. The molecule has 0 bridgehead atoms. The second-order valence-electron chi connectivity index (χ2n) is 4.51. The molecule has 4 heteroatoms. The molecule has 98 valence electrons. The Kier molecular flexibility index (Phi) is 4.33. The molecule has 3 atom stereocenters. The van der Waals surface area contributed by atoms with Crippen molar-refractivity contribution in [2.45, 2.75) is 32.2 Å². The molecule has 1 heterocycles. The monoisotopic (exact) mass is 250 g/mol. The molecular weight excluding hydrogens is 232 g/mol. The summed E-state index contributed by atoms with van der Waals surface area (Å²) >= 11 is 0. The molecule has 1 fully saturated rings. The van der Waals surface area contributed by atoms with E-state index in [4.69, 9.17) is 9.47 Å². The molecule has 4 nitrogen and oxygen atoms in total. The fourth-order valence-electron chi connectivity index (χ4n) is 2.05. The summed E-state index contributed by atoms with van der Waals surface area (Å²) in [5.41, 5.74) is 0.922. The average molecular weight is 250 g/mol. The molecule has 0 amide bonds. The Balaban J connectivity index is 1.86. The molecule has 1 aromatic rings. The first-order chi connectivity index (χ1) is 8.72. The number of carbonyl (C=O) groups is 1. The third-order valence-electron chi connectivity index (χ3n) is 3.26. The van der Waals surface area contributed by atoms with E-state index < -0.39 is 18.2 Å². The quantitative estimate of drug-likeness (QED) is 0.823. The van der Waals surface area contributed by atoms with Crippen LogP contribution in [-0.4, -0.2) is 29.9 Å². The maximum absolute atomic E-state index is 11.8. The van der Waals surface area contributed by atoms with Crippen LogP contribution in [0.25, 0.3) is 0 Å². The van der Waals surface area contributed by atoms with E-state index in [1.54, 1.807) is 0 Å². The van der Waals surface area contributed by atoms with Crippen molar-refractivity contribution in [2.24, 2.45) is 5.92 Å². The first kappa shape index (κ1) is 13.1. The van der Waals surface area contributed by atoms with E-state index in [2.05, 4.69) is 0 Å².